The summed E-state index contributed by atoms with van der Waals surface area (Å²) in [6.45, 7) is 4.69. The van der Waals surface area contributed by atoms with Gasteiger partial charge in [-0.05, 0) is 30.5 Å². The van der Waals surface area contributed by atoms with E-state index in [1.54, 1.807) is 0 Å². The fraction of sp³-hybridized carbons (Fsp3) is 0.375. The molecule has 0 fully saturated rings. The first kappa shape index (κ1) is 15.6. The fourth-order valence-corrected chi connectivity index (χ4v) is 2.57. The Hall–Kier alpha value is -1.75. The van der Waals surface area contributed by atoms with Gasteiger partial charge in [0.05, 0.1) is 6.61 Å². The summed E-state index contributed by atoms with van der Waals surface area (Å²) in [4.78, 5) is 18.6. The van der Waals surface area contributed by atoms with Gasteiger partial charge in [0.2, 0.25) is 0 Å². The van der Waals surface area contributed by atoms with Crippen LogP contribution in [0.4, 0.5) is 0 Å². The van der Waals surface area contributed by atoms with Gasteiger partial charge in [-0.3, -0.25) is 4.79 Å². The highest BCUT2D eigenvalue weighted by atomic mass is 32.2. The van der Waals surface area contributed by atoms with Crippen LogP contribution in [0.5, 0.6) is 5.75 Å². The number of benzene rings is 1. The van der Waals surface area contributed by atoms with Gasteiger partial charge < -0.3 is 9.72 Å². The van der Waals surface area contributed by atoms with Crippen LogP contribution in [0.25, 0.3) is 0 Å². The highest BCUT2D eigenvalue weighted by molar-refractivity contribution is 7.99. The molecule has 0 aliphatic rings. The van der Waals surface area contributed by atoms with Gasteiger partial charge in [-0.25, -0.2) is 4.98 Å². The topological polar surface area (TPSA) is 55.0 Å². The number of hydrogen-bond acceptors (Lipinski definition) is 4. The number of aromatic nitrogens is 2. The zero-order chi connectivity index (χ0) is 15.1. The van der Waals surface area contributed by atoms with Gasteiger partial charge in [-0.15, -0.1) is 0 Å². The molecule has 2 rings (SSSR count). The average Bonchev–Trinajstić information content (AvgIpc) is 2.51. The van der Waals surface area contributed by atoms with E-state index in [4.69, 9.17) is 4.74 Å². The zero-order valence-electron chi connectivity index (χ0n) is 12.4. The summed E-state index contributed by atoms with van der Waals surface area (Å²) in [5.74, 6) is 1.61. The standard InChI is InChI=1S/C16H20N2O2S/c1-3-12-5-7-14(8-6-12)20-9-10-21-16-17-13(4-2)11-15(19)18-16/h5-8,11H,3-4,9-10H2,1-2H3,(H,17,18,19). The molecular formula is C16H20N2O2S. The SMILES string of the molecule is CCc1ccc(OCCSc2nc(CC)cc(=O)[nH]2)cc1. The Labute approximate surface area is 129 Å². The molecular weight excluding hydrogens is 284 g/mol. The van der Waals surface area contributed by atoms with E-state index in [1.807, 2.05) is 19.1 Å². The van der Waals surface area contributed by atoms with Crippen LogP contribution in [-0.4, -0.2) is 22.3 Å². The molecule has 2 aromatic rings. The van der Waals surface area contributed by atoms with Crippen LogP contribution in [0.1, 0.15) is 25.1 Å². The van der Waals surface area contributed by atoms with E-state index in [9.17, 15) is 4.79 Å². The van der Waals surface area contributed by atoms with Crippen LogP contribution in [0.15, 0.2) is 40.3 Å². The molecule has 0 bridgehead atoms. The number of thioether (sulfide) groups is 1. The lowest BCUT2D eigenvalue weighted by atomic mass is 10.2. The van der Waals surface area contributed by atoms with E-state index in [-0.39, 0.29) is 5.56 Å². The van der Waals surface area contributed by atoms with Gasteiger partial charge in [0.15, 0.2) is 5.16 Å². The molecule has 1 heterocycles. The largest absolute Gasteiger partial charge is 0.493 e. The van der Waals surface area contributed by atoms with Crippen molar-refractivity contribution in [3.8, 4) is 5.75 Å². The van der Waals surface area contributed by atoms with E-state index in [2.05, 4.69) is 29.0 Å². The lowest BCUT2D eigenvalue weighted by Gasteiger charge is -2.07. The summed E-state index contributed by atoms with van der Waals surface area (Å²) in [5, 5.41) is 0.657. The summed E-state index contributed by atoms with van der Waals surface area (Å²) in [6.07, 6.45) is 1.79. The number of aromatic amines is 1. The van der Waals surface area contributed by atoms with Crippen molar-refractivity contribution in [1.29, 1.82) is 0 Å². The molecule has 4 nitrogen and oxygen atoms in total. The molecule has 0 atom stereocenters. The summed E-state index contributed by atoms with van der Waals surface area (Å²) in [5.41, 5.74) is 2.02. The molecule has 0 unspecified atom stereocenters. The van der Waals surface area contributed by atoms with Crippen LogP contribution in [0.2, 0.25) is 0 Å². The van der Waals surface area contributed by atoms with Gasteiger partial charge in [0.1, 0.15) is 5.75 Å². The van der Waals surface area contributed by atoms with Crippen molar-refractivity contribution in [2.75, 3.05) is 12.4 Å². The molecule has 0 saturated carbocycles. The van der Waals surface area contributed by atoms with E-state index in [1.165, 1.54) is 23.4 Å². The normalized spacial score (nSPS) is 10.6. The minimum atomic E-state index is -0.0968. The van der Waals surface area contributed by atoms with Crippen LogP contribution >= 0.6 is 11.8 Å². The van der Waals surface area contributed by atoms with Crippen LogP contribution in [0, 0.1) is 0 Å². The van der Waals surface area contributed by atoms with Gasteiger partial charge in [0.25, 0.3) is 5.56 Å². The molecule has 0 saturated heterocycles. The van der Waals surface area contributed by atoms with Gasteiger partial charge >= 0.3 is 0 Å². The lowest BCUT2D eigenvalue weighted by Crippen LogP contribution is -2.10. The molecule has 1 aromatic carbocycles. The first-order chi connectivity index (χ1) is 10.2. The molecule has 0 aliphatic heterocycles. The second kappa shape index (κ2) is 7.88. The smallest absolute Gasteiger partial charge is 0.251 e. The molecule has 0 amide bonds. The first-order valence-electron chi connectivity index (χ1n) is 7.16. The predicted octanol–water partition coefficient (Wildman–Crippen LogP) is 3.07. The average molecular weight is 304 g/mol. The molecule has 21 heavy (non-hydrogen) atoms. The second-order valence-corrected chi connectivity index (χ2v) is 5.67. The summed E-state index contributed by atoms with van der Waals surface area (Å²) in [6, 6.07) is 9.66. The number of nitrogens with zero attached hydrogens (tertiary/aromatic N) is 1. The van der Waals surface area contributed by atoms with Gasteiger partial charge in [0, 0.05) is 17.5 Å². The predicted molar refractivity (Wildman–Crippen MR) is 86.3 cm³/mol. The zero-order valence-corrected chi connectivity index (χ0v) is 13.2. The Balaban J connectivity index is 1.81. The summed E-state index contributed by atoms with van der Waals surface area (Å²) in [7, 11) is 0. The molecule has 112 valence electrons. The van der Waals surface area contributed by atoms with Crippen LogP contribution in [0.3, 0.4) is 0 Å². The first-order valence-corrected chi connectivity index (χ1v) is 8.14. The lowest BCUT2D eigenvalue weighted by molar-refractivity contribution is 0.344. The Bertz CT molecular complexity index is 623. The molecule has 0 spiro atoms. The van der Waals surface area contributed by atoms with Crippen molar-refractivity contribution in [2.45, 2.75) is 31.8 Å². The highest BCUT2D eigenvalue weighted by Crippen LogP contribution is 2.15. The van der Waals surface area contributed by atoms with Crippen LogP contribution in [-0.2, 0) is 12.8 Å². The van der Waals surface area contributed by atoms with Crippen molar-refractivity contribution >= 4 is 11.8 Å². The fourth-order valence-electron chi connectivity index (χ4n) is 1.85. The van der Waals surface area contributed by atoms with Gasteiger partial charge in [-0.1, -0.05) is 37.7 Å². The molecule has 0 aliphatic carbocycles. The summed E-state index contributed by atoms with van der Waals surface area (Å²) >= 11 is 1.50. The number of H-pyrrole nitrogens is 1. The Morgan fingerprint density at radius 2 is 1.95 bits per heavy atom. The van der Waals surface area contributed by atoms with Crippen molar-refractivity contribution in [3.05, 3.63) is 51.9 Å². The number of ether oxygens (including phenoxy) is 1. The third kappa shape index (κ3) is 4.93. The van der Waals surface area contributed by atoms with Gasteiger partial charge in [-0.2, -0.15) is 0 Å². The van der Waals surface area contributed by atoms with Crippen molar-refractivity contribution in [3.63, 3.8) is 0 Å². The number of hydrogen-bond donors (Lipinski definition) is 1. The number of aryl methyl sites for hydroxylation is 2. The van der Waals surface area contributed by atoms with Crippen molar-refractivity contribution in [2.24, 2.45) is 0 Å². The quantitative estimate of drug-likeness (QED) is 0.485. The molecule has 1 aromatic heterocycles. The molecule has 1 N–H and O–H groups in total. The van der Waals surface area contributed by atoms with E-state index in [0.29, 0.717) is 11.8 Å². The minimum absolute atomic E-state index is 0.0968. The third-order valence-corrected chi connectivity index (χ3v) is 3.90. The maximum absolute atomic E-state index is 11.4. The number of nitrogens with one attached hydrogen (secondary N) is 1. The Morgan fingerprint density at radius 1 is 1.19 bits per heavy atom. The third-order valence-electron chi connectivity index (χ3n) is 3.06. The second-order valence-electron chi connectivity index (χ2n) is 4.59. The van der Waals surface area contributed by atoms with Crippen molar-refractivity contribution < 1.29 is 4.74 Å². The van der Waals surface area contributed by atoms with E-state index in [0.717, 1.165) is 30.0 Å². The number of rotatable bonds is 7. The van der Waals surface area contributed by atoms with Crippen LogP contribution < -0.4 is 10.3 Å². The van der Waals surface area contributed by atoms with E-state index < -0.39 is 0 Å². The minimum Gasteiger partial charge on any atom is -0.493 e. The molecule has 0 radical (unpaired) electrons. The van der Waals surface area contributed by atoms with Crippen molar-refractivity contribution in [1.82, 2.24) is 9.97 Å². The molecule has 5 heteroatoms. The maximum atomic E-state index is 11.4. The Morgan fingerprint density at radius 3 is 2.62 bits per heavy atom. The Kier molecular flexibility index (Phi) is 5.87. The maximum Gasteiger partial charge on any atom is 0.251 e. The highest BCUT2D eigenvalue weighted by Gasteiger charge is 2.01. The summed E-state index contributed by atoms with van der Waals surface area (Å²) < 4.78 is 5.67. The van der Waals surface area contributed by atoms with E-state index >= 15 is 0 Å². The monoisotopic (exact) mass is 304 g/mol.